The molecule has 0 saturated heterocycles. The van der Waals surface area contributed by atoms with Crippen LogP contribution >= 0.6 is 0 Å². The molecule has 0 radical (unpaired) electrons. The van der Waals surface area contributed by atoms with Gasteiger partial charge in [0.25, 0.3) is 0 Å². The molecule has 0 spiro atoms. The summed E-state index contributed by atoms with van der Waals surface area (Å²) in [4.78, 5) is 14.2. The lowest BCUT2D eigenvalue weighted by Crippen LogP contribution is -2.38. The van der Waals surface area contributed by atoms with Gasteiger partial charge in [0, 0.05) is 44.0 Å². The molecule has 6 nitrogen and oxygen atoms in total. The zero-order valence-electron chi connectivity index (χ0n) is 18.4. The molecule has 1 saturated carbocycles. The molecule has 1 N–H and O–H groups in total. The van der Waals surface area contributed by atoms with Crippen molar-refractivity contribution in [3.05, 3.63) is 53.8 Å². The normalized spacial score (nSPS) is 15.0. The summed E-state index contributed by atoms with van der Waals surface area (Å²) >= 11 is 0. The van der Waals surface area contributed by atoms with Crippen LogP contribution in [-0.2, 0) is 21.4 Å². The molecule has 2 aromatic rings. The number of sulfonamides is 1. The highest BCUT2D eigenvalue weighted by atomic mass is 32.2. The minimum Gasteiger partial charge on any atom is -0.377 e. The number of nitrogens with one attached hydrogen (secondary N) is 1. The third kappa shape index (κ3) is 5.43. The van der Waals surface area contributed by atoms with Crippen LogP contribution in [0.25, 0.3) is 0 Å². The Hall–Kier alpha value is -2.45. The summed E-state index contributed by atoms with van der Waals surface area (Å²) in [6, 6.07) is 10.2. The summed E-state index contributed by atoms with van der Waals surface area (Å²) in [5, 5.41) is 2.94. The van der Waals surface area contributed by atoms with E-state index in [9.17, 15) is 17.6 Å². The monoisotopic (exact) mass is 447 g/mol. The van der Waals surface area contributed by atoms with E-state index in [4.69, 9.17) is 0 Å². The van der Waals surface area contributed by atoms with Crippen molar-refractivity contribution < 1.29 is 17.6 Å². The summed E-state index contributed by atoms with van der Waals surface area (Å²) in [6.07, 6.45) is 2.44. The molecule has 8 heteroatoms. The van der Waals surface area contributed by atoms with Crippen LogP contribution in [0.3, 0.4) is 0 Å². The van der Waals surface area contributed by atoms with Gasteiger partial charge in [0.2, 0.25) is 15.9 Å². The molecule has 1 aliphatic rings. The quantitative estimate of drug-likeness (QED) is 0.625. The molecule has 3 rings (SSSR count). The van der Waals surface area contributed by atoms with Gasteiger partial charge >= 0.3 is 0 Å². The van der Waals surface area contributed by atoms with Gasteiger partial charge in [-0.3, -0.25) is 4.79 Å². The maximum Gasteiger partial charge on any atom is 0.243 e. The molecule has 1 atom stereocenters. The van der Waals surface area contributed by atoms with Crippen molar-refractivity contribution in [1.82, 2.24) is 4.31 Å². The van der Waals surface area contributed by atoms with Crippen molar-refractivity contribution >= 4 is 27.3 Å². The van der Waals surface area contributed by atoms with Crippen molar-refractivity contribution in [3.63, 3.8) is 0 Å². The largest absolute Gasteiger partial charge is 0.377 e. The first kappa shape index (κ1) is 23.2. The molecule has 0 heterocycles. The lowest BCUT2D eigenvalue weighted by atomic mass is 10.1. The minimum absolute atomic E-state index is 0.00118. The van der Waals surface area contributed by atoms with Crippen LogP contribution in [0, 0.1) is 11.7 Å². The van der Waals surface area contributed by atoms with E-state index in [0.29, 0.717) is 12.1 Å². The van der Waals surface area contributed by atoms with E-state index in [2.05, 4.69) is 5.32 Å². The van der Waals surface area contributed by atoms with Gasteiger partial charge in [0.05, 0.1) is 4.90 Å². The standard InChI is InChI=1S/C23H30FN3O3S/c1-5-16(2)27(31(29,30)21-11-8-19(24)9-12-21)15-18-14-20(10-13-22(18)26(3)4)25-23(28)17-6-7-17/h8-14,16-17H,5-7,15H2,1-4H3,(H,25,28). The summed E-state index contributed by atoms with van der Waals surface area (Å²) in [5.41, 5.74) is 2.30. The van der Waals surface area contributed by atoms with Crippen molar-refractivity contribution in [1.29, 1.82) is 0 Å². The number of hydrogen-bond donors (Lipinski definition) is 1. The van der Waals surface area contributed by atoms with Gasteiger partial charge in [-0.1, -0.05) is 6.92 Å². The molecule has 1 unspecified atom stereocenters. The Morgan fingerprint density at radius 2 is 1.81 bits per heavy atom. The average molecular weight is 448 g/mol. The number of halogens is 1. The maximum atomic E-state index is 13.4. The molecule has 0 aromatic heterocycles. The fourth-order valence-electron chi connectivity index (χ4n) is 3.41. The Balaban J connectivity index is 1.97. The predicted molar refractivity (Wildman–Crippen MR) is 121 cm³/mol. The van der Waals surface area contributed by atoms with E-state index >= 15 is 0 Å². The van der Waals surface area contributed by atoms with E-state index in [1.54, 1.807) is 0 Å². The fraction of sp³-hybridized carbons (Fsp3) is 0.435. The highest BCUT2D eigenvalue weighted by Gasteiger charge is 2.31. The maximum absolute atomic E-state index is 13.4. The van der Waals surface area contributed by atoms with Crippen molar-refractivity contribution in [2.24, 2.45) is 5.92 Å². The van der Waals surface area contributed by atoms with Crippen LogP contribution in [0.4, 0.5) is 15.8 Å². The van der Waals surface area contributed by atoms with Crippen LogP contribution in [-0.4, -0.2) is 38.8 Å². The van der Waals surface area contributed by atoms with Gasteiger partial charge in [-0.05, 0) is 74.2 Å². The highest BCUT2D eigenvalue weighted by molar-refractivity contribution is 7.89. The van der Waals surface area contributed by atoms with Crippen LogP contribution in [0.15, 0.2) is 47.4 Å². The third-order valence-corrected chi connectivity index (χ3v) is 7.58. The number of hydrogen-bond acceptors (Lipinski definition) is 4. The molecule has 0 aliphatic heterocycles. The Morgan fingerprint density at radius 1 is 1.16 bits per heavy atom. The Labute approximate surface area is 184 Å². The number of anilines is 2. The van der Waals surface area contributed by atoms with Crippen molar-refractivity contribution in [2.75, 3.05) is 24.3 Å². The number of nitrogens with zero attached hydrogens (tertiary/aromatic N) is 2. The molecule has 1 aliphatic carbocycles. The van der Waals surface area contributed by atoms with E-state index in [1.807, 2.05) is 51.0 Å². The molecule has 1 fully saturated rings. The smallest absolute Gasteiger partial charge is 0.243 e. The van der Waals surface area contributed by atoms with Crippen molar-refractivity contribution in [2.45, 2.75) is 50.6 Å². The number of amides is 1. The average Bonchev–Trinajstić information content (AvgIpc) is 3.57. The zero-order valence-corrected chi connectivity index (χ0v) is 19.2. The molecule has 1 amide bonds. The second-order valence-corrected chi connectivity index (χ2v) is 10.2. The van der Waals surface area contributed by atoms with E-state index in [-0.39, 0.29) is 29.3 Å². The van der Waals surface area contributed by atoms with Crippen LogP contribution in [0.2, 0.25) is 0 Å². The number of carbonyl (C=O) groups is 1. The summed E-state index contributed by atoms with van der Waals surface area (Å²) in [6.45, 7) is 3.92. The van der Waals surface area contributed by atoms with Gasteiger partial charge in [0.1, 0.15) is 5.82 Å². The van der Waals surface area contributed by atoms with E-state index in [0.717, 1.165) is 36.2 Å². The molecule has 2 aromatic carbocycles. The third-order valence-electron chi connectivity index (χ3n) is 5.61. The topological polar surface area (TPSA) is 69.7 Å². The fourth-order valence-corrected chi connectivity index (χ4v) is 5.09. The molecule has 31 heavy (non-hydrogen) atoms. The highest BCUT2D eigenvalue weighted by Crippen LogP contribution is 2.32. The first-order valence-electron chi connectivity index (χ1n) is 10.5. The summed E-state index contributed by atoms with van der Waals surface area (Å²) in [7, 11) is -0.0639. The lowest BCUT2D eigenvalue weighted by molar-refractivity contribution is -0.117. The van der Waals surface area contributed by atoms with E-state index in [1.165, 1.54) is 16.4 Å². The molecular weight excluding hydrogens is 417 g/mol. The van der Waals surface area contributed by atoms with Gasteiger partial charge in [-0.2, -0.15) is 4.31 Å². The second-order valence-electron chi connectivity index (χ2n) is 8.26. The van der Waals surface area contributed by atoms with Gasteiger partial charge in [-0.15, -0.1) is 0 Å². The molecule has 168 valence electrons. The molecule has 0 bridgehead atoms. The van der Waals surface area contributed by atoms with Crippen molar-refractivity contribution in [3.8, 4) is 0 Å². The van der Waals surface area contributed by atoms with Gasteiger partial charge in [-0.25, -0.2) is 12.8 Å². The Kier molecular flexibility index (Phi) is 7.01. The van der Waals surface area contributed by atoms with Gasteiger partial charge in [0.15, 0.2) is 0 Å². The Morgan fingerprint density at radius 3 is 2.35 bits per heavy atom. The minimum atomic E-state index is -3.85. The van der Waals surface area contributed by atoms with Gasteiger partial charge < -0.3 is 10.2 Å². The number of benzene rings is 2. The van der Waals surface area contributed by atoms with Crippen LogP contribution in [0.1, 0.15) is 38.7 Å². The van der Waals surface area contributed by atoms with Crippen LogP contribution < -0.4 is 10.2 Å². The van der Waals surface area contributed by atoms with E-state index < -0.39 is 15.8 Å². The molecular formula is C23H30FN3O3S. The number of carbonyl (C=O) groups excluding carboxylic acids is 1. The Bertz CT molecular complexity index is 1030. The summed E-state index contributed by atoms with van der Waals surface area (Å²) in [5.74, 6) is -0.406. The summed E-state index contributed by atoms with van der Waals surface area (Å²) < 4.78 is 41.6. The lowest BCUT2D eigenvalue weighted by Gasteiger charge is -2.30. The zero-order chi connectivity index (χ0) is 22.8. The predicted octanol–water partition coefficient (Wildman–Crippen LogP) is 4.23. The SMILES string of the molecule is CCC(C)N(Cc1cc(NC(=O)C2CC2)ccc1N(C)C)S(=O)(=O)c1ccc(F)cc1. The first-order chi connectivity index (χ1) is 14.6. The number of rotatable bonds is 9. The van der Waals surface area contributed by atoms with Crippen LogP contribution in [0.5, 0.6) is 0 Å². The second kappa shape index (κ2) is 9.36. The first-order valence-corrected chi connectivity index (χ1v) is 12.0.